The van der Waals surface area contributed by atoms with Crippen LogP contribution in [0.3, 0.4) is 0 Å². The van der Waals surface area contributed by atoms with Gasteiger partial charge in [-0.05, 0) is 40.7 Å². The summed E-state index contributed by atoms with van der Waals surface area (Å²) in [4.78, 5) is 13.6. The number of hydrogen-bond donors (Lipinski definition) is 1. The highest BCUT2D eigenvalue weighted by Gasteiger charge is 2.35. The molecule has 8 nitrogen and oxygen atoms in total. The summed E-state index contributed by atoms with van der Waals surface area (Å²) in [5, 5.41) is 11.8. The lowest BCUT2D eigenvalue weighted by molar-refractivity contribution is -0.000619. The highest BCUT2D eigenvalue weighted by Crippen LogP contribution is 2.23. The zero-order valence-electron chi connectivity index (χ0n) is 15.3. The summed E-state index contributed by atoms with van der Waals surface area (Å²) in [7, 11) is 1.70. The molecular formula is C16H29N5O3. The number of hydrogen-bond acceptors (Lipinski definition) is 6. The van der Waals surface area contributed by atoms with Crippen molar-refractivity contribution in [2.24, 2.45) is 0 Å². The number of ether oxygens (including phenoxy) is 2. The molecule has 136 valence electrons. The van der Waals surface area contributed by atoms with Crippen LogP contribution in [0.25, 0.3) is 0 Å². The molecule has 0 spiro atoms. The number of amides is 1. The summed E-state index contributed by atoms with van der Waals surface area (Å²) in [5.74, 6) is 0. The summed E-state index contributed by atoms with van der Waals surface area (Å²) in [5.41, 5.74) is 0.440. The Morgan fingerprint density at radius 2 is 2.17 bits per heavy atom. The average molecular weight is 339 g/mol. The predicted octanol–water partition coefficient (Wildman–Crippen LogP) is 1.76. The molecule has 2 rings (SSSR count). The number of carbonyl (C=O) groups excluding carboxylic acids is 1. The summed E-state index contributed by atoms with van der Waals surface area (Å²) in [6.45, 7) is 10.5. The van der Waals surface area contributed by atoms with Crippen LogP contribution >= 0.6 is 0 Å². The fraction of sp³-hybridized carbons (Fsp3) is 0.812. The third kappa shape index (κ3) is 5.17. The van der Waals surface area contributed by atoms with E-state index < -0.39 is 5.60 Å². The van der Waals surface area contributed by atoms with Gasteiger partial charge in [0.2, 0.25) is 0 Å². The van der Waals surface area contributed by atoms with Gasteiger partial charge in [-0.25, -0.2) is 9.48 Å². The molecular weight excluding hydrogens is 310 g/mol. The number of rotatable bonds is 7. The maximum atomic E-state index is 11.9. The van der Waals surface area contributed by atoms with Gasteiger partial charge in [-0.3, -0.25) is 0 Å². The molecule has 0 radical (unpaired) electrons. The Labute approximate surface area is 143 Å². The van der Waals surface area contributed by atoms with Gasteiger partial charge in [-0.2, -0.15) is 0 Å². The Hall–Kier alpha value is -1.67. The first-order valence-electron chi connectivity index (χ1n) is 8.42. The number of likely N-dealkylation sites (tertiary alicyclic amines) is 1. The second-order valence-corrected chi connectivity index (χ2v) is 7.18. The summed E-state index contributed by atoms with van der Waals surface area (Å²) in [6.07, 6.45) is 2.64. The Morgan fingerprint density at radius 1 is 1.46 bits per heavy atom. The van der Waals surface area contributed by atoms with Gasteiger partial charge in [0.1, 0.15) is 5.60 Å². The summed E-state index contributed by atoms with van der Waals surface area (Å²) < 4.78 is 12.2. The van der Waals surface area contributed by atoms with Gasteiger partial charge in [-0.15, -0.1) is 5.10 Å². The lowest BCUT2D eigenvalue weighted by Crippen LogP contribution is -2.52. The van der Waals surface area contributed by atoms with E-state index in [1.807, 2.05) is 31.6 Å². The van der Waals surface area contributed by atoms with Crippen LogP contribution in [0.1, 0.15) is 51.9 Å². The van der Waals surface area contributed by atoms with Gasteiger partial charge in [0.25, 0.3) is 0 Å². The molecule has 2 heterocycles. The SMILES string of the molecule is COCCCNC(C)c1cn(C2CN(C(=O)OC(C)(C)C)C2)nn1. The van der Waals surface area contributed by atoms with Crippen LogP contribution in [0.15, 0.2) is 6.20 Å². The Balaban J connectivity index is 1.77. The third-order valence-corrected chi connectivity index (χ3v) is 3.84. The van der Waals surface area contributed by atoms with Crippen molar-refractivity contribution in [2.75, 3.05) is 33.4 Å². The number of carbonyl (C=O) groups is 1. The van der Waals surface area contributed by atoms with Crippen LogP contribution in [0, 0.1) is 0 Å². The Morgan fingerprint density at radius 3 is 2.79 bits per heavy atom. The van der Waals surface area contributed by atoms with Crippen molar-refractivity contribution in [1.29, 1.82) is 0 Å². The van der Waals surface area contributed by atoms with E-state index in [1.165, 1.54) is 0 Å². The standard InChI is InChI=1S/C16H29N5O3/c1-12(17-7-6-8-23-5)14-11-21(19-18-14)13-9-20(10-13)15(22)24-16(2,3)4/h11-13,17H,6-10H2,1-5H3. The first-order chi connectivity index (χ1) is 11.3. The van der Waals surface area contributed by atoms with Crippen LogP contribution in [0.4, 0.5) is 4.79 Å². The van der Waals surface area contributed by atoms with E-state index in [-0.39, 0.29) is 18.2 Å². The van der Waals surface area contributed by atoms with Crippen LogP contribution in [0.5, 0.6) is 0 Å². The smallest absolute Gasteiger partial charge is 0.410 e. The molecule has 1 saturated heterocycles. The first kappa shape index (κ1) is 18.7. The van der Waals surface area contributed by atoms with E-state index in [1.54, 1.807) is 12.0 Å². The minimum Gasteiger partial charge on any atom is -0.444 e. The van der Waals surface area contributed by atoms with Gasteiger partial charge in [0, 0.05) is 26.8 Å². The van der Waals surface area contributed by atoms with Crippen molar-refractivity contribution >= 4 is 6.09 Å². The van der Waals surface area contributed by atoms with Crippen molar-refractivity contribution in [3.05, 3.63) is 11.9 Å². The zero-order chi connectivity index (χ0) is 17.7. The van der Waals surface area contributed by atoms with Crippen molar-refractivity contribution in [2.45, 2.75) is 51.8 Å². The molecule has 1 aromatic rings. The van der Waals surface area contributed by atoms with Crippen molar-refractivity contribution in [1.82, 2.24) is 25.2 Å². The molecule has 1 aromatic heterocycles. The fourth-order valence-electron chi connectivity index (χ4n) is 2.41. The molecule has 0 aromatic carbocycles. The lowest BCUT2D eigenvalue weighted by Gasteiger charge is -2.39. The molecule has 24 heavy (non-hydrogen) atoms. The molecule has 0 aliphatic carbocycles. The number of nitrogens with one attached hydrogen (secondary N) is 1. The van der Waals surface area contributed by atoms with Crippen LogP contribution in [0.2, 0.25) is 0 Å². The molecule has 1 unspecified atom stereocenters. The number of methoxy groups -OCH3 is 1. The first-order valence-corrected chi connectivity index (χ1v) is 8.42. The predicted molar refractivity (Wildman–Crippen MR) is 89.8 cm³/mol. The van der Waals surface area contributed by atoms with Crippen LogP contribution in [-0.4, -0.2) is 64.9 Å². The van der Waals surface area contributed by atoms with E-state index >= 15 is 0 Å². The monoisotopic (exact) mass is 339 g/mol. The quantitative estimate of drug-likeness (QED) is 0.762. The van der Waals surface area contributed by atoms with Crippen molar-refractivity contribution < 1.29 is 14.3 Å². The van der Waals surface area contributed by atoms with Gasteiger partial charge >= 0.3 is 6.09 Å². The largest absolute Gasteiger partial charge is 0.444 e. The molecule has 1 fully saturated rings. The van der Waals surface area contributed by atoms with Gasteiger partial charge in [0.05, 0.1) is 24.0 Å². The van der Waals surface area contributed by atoms with Crippen LogP contribution < -0.4 is 5.32 Å². The van der Waals surface area contributed by atoms with Gasteiger partial charge < -0.3 is 19.7 Å². The van der Waals surface area contributed by atoms with Crippen molar-refractivity contribution in [3.8, 4) is 0 Å². The van der Waals surface area contributed by atoms with Crippen molar-refractivity contribution in [3.63, 3.8) is 0 Å². The molecule has 1 aliphatic rings. The highest BCUT2D eigenvalue weighted by atomic mass is 16.6. The van der Waals surface area contributed by atoms with E-state index in [4.69, 9.17) is 9.47 Å². The fourth-order valence-corrected chi connectivity index (χ4v) is 2.41. The normalized spacial score (nSPS) is 16.8. The average Bonchev–Trinajstić information content (AvgIpc) is 2.89. The second-order valence-electron chi connectivity index (χ2n) is 7.18. The molecule has 1 N–H and O–H groups in total. The zero-order valence-corrected chi connectivity index (χ0v) is 15.3. The molecule has 1 atom stereocenters. The maximum Gasteiger partial charge on any atom is 0.410 e. The minimum atomic E-state index is -0.466. The topological polar surface area (TPSA) is 81.5 Å². The second kappa shape index (κ2) is 7.94. The maximum absolute atomic E-state index is 11.9. The summed E-state index contributed by atoms with van der Waals surface area (Å²) in [6, 6.07) is 0.303. The number of aromatic nitrogens is 3. The highest BCUT2D eigenvalue weighted by molar-refractivity contribution is 5.69. The number of nitrogens with zero attached hydrogens (tertiary/aromatic N) is 4. The van der Waals surface area contributed by atoms with Gasteiger partial charge in [-0.1, -0.05) is 5.21 Å². The molecule has 1 aliphatic heterocycles. The Kier molecular flexibility index (Phi) is 6.17. The molecule has 1 amide bonds. The molecule has 0 bridgehead atoms. The Bertz CT molecular complexity index is 534. The van der Waals surface area contributed by atoms with E-state index in [9.17, 15) is 4.79 Å². The molecule has 0 saturated carbocycles. The van der Waals surface area contributed by atoms with Crippen LogP contribution in [-0.2, 0) is 9.47 Å². The molecule has 8 heteroatoms. The van der Waals surface area contributed by atoms with E-state index in [0.717, 1.165) is 25.3 Å². The van der Waals surface area contributed by atoms with E-state index in [0.29, 0.717) is 13.1 Å². The lowest BCUT2D eigenvalue weighted by atomic mass is 10.1. The third-order valence-electron chi connectivity index (χ3n) is 3.84. The minimum absolute atomic E-state index is 0.137. The van der Waals surface area contributed by atoms with E-state index in [2.05, 4.69) is 22.6 Å². The summed E-state index contributed by atoms with van der Waals surface area (Å²) >= 11 is 0. The van der Waals surface area contributed by atoms with Gasteiger partial charge in [0.15, 0.2) is 0 Å².